The van der Waals surface area contributed by atoms with Gasteiger partial charge in [-0.1, -0.05) is 47.5 Å². The Morgan fingerprint density at radius 3 is 2.24 bits per heavy atom. The lowest BCUT2D eigenvalue weighted by molar-refractivity contribution is -0.114. The summed E-state index contributed by atoms with van der Waals surface area (Å²) in [4.78, 5) is 12.7. The number of nitrogens with zero attached hydrogens (tertiary/aromatic N) is 1. The Kier molecular flexibility index (Phi) is 6.47. The first-order chi connectivity index (χ1) is 13.8. The zero-order valence-electron chi connectivity index (χ0n) is 15.5. The lowest BCUT2D eigenvalue weighted by atomic mass is 10.2. The highest BCUT2D eigenvalue weighted by atomic mass is 35.5. The van der Waals surface area contributed by atoms with Crippen LogP contribution in [-0.2, 0) is 14.8 Å². The number of carbonyl (C=O) groups is 1. The lowest BCUT2D eigenvalue weighted by Gasteiger charge is -2.24. The van der Waals surface area contributed by atoms with Gasteiger partial charge in [0.05, 0.1) is 10.6 Å². The second-order valence-corrected chi connectivity index (χ2v) is 9.02. The van der Waals surface area contributed by atoms with Crippen molar-refractivity contribution in [3.8, 4) is 0 Å². The molecule has 3 aromatic rings. The minimum atomic E-state index is -3.99. The molecule has 3 rings (SSSR count). The molecule has 0 atom stereocenters. The predicted octanol–water partition coefficient (Wildman–Crippen LogP) is 5.14. The van der Waals surface area contributed by atoms with Crippen LogP contribution in [0.5, 0.6) is 0 Å². The second-order valence-electron chi connectivity index (χ2n) is 6.31. The number of carbonyl (C=O) groups excluding carboxylic acids is 1. The van der Waals surface area contributed by atoms with Crippen molar-refractivity contribution in [3.05, 3.63) is 88.4 Å². The van der Waals surface area contributed by atoms with Crippen molar-refractivity contribution in [1.82, 2.24) is 0 Å². The molecule has 0 fully saturated rings. The zero-order chi connectivity index (χ0) is 21.0. The average molecular weight is 449 g/mol. The van der Waals surface area contributed by atoms with E-state index in [-0.39, 0.29) is 4.90 Å². The summed E-state index contributed by atoms with van der Waals surface area (Å²) >= 11 is 12.1. The van der Waals surface area contributed by atoms with Gasteiger partial charge in [0.2, 0.25) is 5.91 Å². The molecule has 0 aliphatic rings. The lowest BCUT2D eigenvalue weighted by Crippen LogP contribution is -2.38. The first-order valence-corrected chi connectivity index (χ1v) is 10.9. The van der Waals surface area contributed by atoms with E-state index in [1.165, 1.54) is 18.2 Å². The normalized spacial score (nSPS) is 11.1. The average Bonchev–Trinajstić information content (AvgIpc) is 2.71. The van der Waals surface area contributed by atoms with E-state index in [0.717, 1.165) is 9.87 Å². The third-order valence-electron chi connectivity index (χ3n) is 4.19. The van der Waals surface area contributed by atoms with Crippen LogP contribution in [0.25, 0.3) is 0 Å². The van der Waals surface area contributed by atoms with E-state index in [1.807, 2.05) is 6.92 Å². The maximum absolute atomic E-state index is 13.2. The van der Waals surface area contributed by atoms with E-state index in [2.05, 4.69) is 5.32 Å². The van der Waals surface area contributed by atoms with Crippen molar-refractivity contribution in [3.63, 3.8) is 0 Å². The number of amides is 1. The Bertz CT molecular complexity index is 1120. The summed E-state index contributed by atoms with van der Waals surface area (Å²) in [5.41, 5.74) is 1.62. The molecule has 3 aromatic carbocycles. The van der Waals surface area contributed by atoms with E-state index in [0.29, 0.717) is 21.4 Å². The number of hydrogen-bond acceptors (Lipinski definition) is 3. The molecular formula is C21H18Cl2N2O3S. The maximum atomic E-state index is 13.2. The van der Waals surface area contributed by atoms with Gasteiger partial charge in [-0.05, 0) is 61.0 Å². The van der Waals surface area contributed by atoms with E-state index in [1.54, 1.807) is 54.6 Å². The van der Waals surface area contributed by atoms with Crippen molar-refractivity contribution < 1.29 is 13.2 Å². The van der Waals surface area contributed by atoms with Crippen LogP contribution in [0.15, 0.2) is 77.7 Å². The second kappa shape index (κ2) is 8.86. The molecule has 0 saturated heterocycles. The minimum absolute atomic E-state index is 0.0796. The number of anilines is 2. The number of halogens is 2. The molecule has 150 valence electrons. The van der Waals surface area contributed by atoms with Crippen LogP contribution in [0.2, 0.25) is 10.0 Å². The van der Waals surface area contributed by atoms with Gasteiger partial charge in [0.25, 0.3) is 10.0 Å². The van der Waals surface area contributed by atoms with Crippen molar-refractivity contribution in [2.45, 2.75) is 11.8 Å². The first-order valence-electron chi connectivity index (χ1n) is 8.67. The number of nitrogens with one attached hydrogen (secondary N) is 1. The van der Waals surface area contributed by atoms with E-state index >= 15 is 0 Å². The molecule has 1 amide bonds. The zero-order valence-corrected chi connectivity index (χ0v) is 17.8. The number of sulfonamides is 1. The van der Waals surface area contributed by atoms with Crippen LogP contribution < -0.4 is 9.62 Å². The van der Waals surface area contributed by atoms with Gasteiger partial charge in [-0.2, -0.15) is 0 Å². The molecule has 5 nitrogen and oxygen atoms in total. The van der Waals surface area contributed by atoms with Gasteiger partial charge >= 0.3 is 0 Å². The molecule has 0 radical (unpaired) electrons. The van der Waals surface area contributed by atoms with E-state index in [9.17, 15) is 13.2 Å². The van der Waals surface area contributed by atoms with Gasteiger partial charge in [-0.25, -0.2) is 8.42 Å². The molecule has 0 aliphatic carbocycles. The fourth-order valence-electron chi connectivity index (χ4n) is 2.64. The van der Waals surface area contributed by atoms with Crippen LogP contribution in [0.3, 0.4) is 0 Å². The van der Waals surface area contributed by atoms with E-state index < -0.39 is 22.5 Å². The Labute approximate surface area is 179 Å². The topological polar surface area (TPSA) is 66.5 Å². The van der Waals surface area contributed by atoms with Gasteiger partial charge in [-0.3, -0.25) is 9.10 Å². The summed E-state index contributed by atoms with van der Waals surface area (Å²) in [6.45, 7) is 1.40. The highest BCUT2D eigenvalue weighted by Crippen LogP contribution is 2.28. The molecule has 1 N–H and O–H groups in total. The molecule has 8 heteroatoms. The molecule has 0 aliphatic heterocycles. The summed E-state index contributed by atoms with van der Waals surface area (Å²) < 4.78 is 27.5. The van der Waals surface area contributed by atoms with Crippen molar-refractivity contribution in [2.24, 2.45) is 0 Å². The maximum Gasteiger partial charge on any atom is 0.264 e. The summed E-state index contributed by atoms with van der Waals surface area (Å²) in [7, 11) is -3.99. The molecular weight excluding hydrogens is 431 g/mol. The fraction of sp³-hybridized carbons (Fsp3) is 0.0952. The fourth-order valence-corrected chi connectivity index (χ4v) is 4.37. The van der Waals surface area contributed by atoms with Crippen LogP contribution in [0, 0.1) is 6.92 Å². The van der Waals surface area contributed by atoms with Crippen molar-refractivity contribution in [1.29, 1.82) is 0 Å². The third kappa shape index (κ3) is 5.09. The quantitative estimate of drug-likeness (QED) is 0.567. The highest BCUT2D eigenvalue weighted by molar-refractivity contribution is 7.92. The SMILES string of the molecule is Cc1ccc(N(CC(=O)Nc2ccc(Cl)cc2)S(=O)(=O)c2ccccc2)cc1Cl. The molecule has 0 bridgehead atoms. The third-order valence-corrected chi connectivity index (χ3v) is 6.64. The smallest absolute Gasteiger partial charge is 0.264 e. The Hall–Kier alpha value is -2.54. The van der Waals surface area contributed by atoms with Gasteiger partial charge in [0, 0.05) is 15.7 Å². The molecule has 0 saturated carbocycles. The highest BCUT2D eigenvalue weighted by Gasteiger charge is 2.27. The summed E-state index contributed by atoms with van der Waals surface area (Å²) in [5, 5.41) is 3.63. The van der Waals surface area contributed by atoms with Gasteiger partial charge < -0.3 is 5.32 Å². The van der Waals surface area contributed by atoms with Gasteiger partial charge in [0.1, 0.15) is 6.54 Å². The monoisotopic (exact) mass is 448 g/mol. The Morgan fingerprint density at radius 1 is 0.966 bits per heavy atom. The van der Waals surface area contributed by atoms with Crippen LogP contribution in [0.4, 0.5) is 11.4 Å². The molecule has 0 unspecified atom stereocenters. The summed E-state index contributed by atoms with van der Waals surface area (Å²) in [6, 6.07) is 19.3. The van der Waals surface area contributed by atoms with Crippen LogP contribution in [0.1, 0.15) is 5.56 Å². The molecule has 29 heavy (non-hydrogen) atoms. The van der Waals surface area contributed by atoms with Crippen LogP contribution in [-0.4, -0.2) is 20.9 Å². The van der Waals surface area contributed by atoms with E-state index in [4.69, 9.17) is 23.2 Å². The van der Waals surface area contributed by atoms with Gasteiger partial charge in [0.15, 0.2) is 0 Å². The predicted molar refractivity (Wildman–Crippen MR) is 117 cm³/mol. The first kappa shape index (κ1) is 21.2. The standard InChI is InChI=1S/C21H18Cl2N2O3S/c1-15-7-12-18(13-20(15)23)25(29(27,28)19-5-3-2-4-6-19)14-21(26)24-17-10-8-16(22)9-11-17/h2-13H,14H2,1H3,(H,24,26). The number of hydrogen-bond donors (Lipinski definition) is 1. The number of rotatable bonds is 6. The number of benzene rings is 3. The van der Waals surface area contributed by atoms with Crippen LogP contribution >= 0.6 is 23.2 Å². The minimum Gasteiger partial charge on any atom is -0.325 e. The Balaban J connectivity index is 1.95. The van der Waals surface area contributed by atoms with Gasteiger partial charge in [-0.15, -0.1) is 0 Å². The largest absolute Gasteiger partial charge is 0.325 e. The van der Waals surface area contributed by atoms with Crippen molar-refractivity contribution >= 4 is 50.5 Å². The Morgan fingerprint density at radius 2 is 1.62 bits per heavy atom. The summed E-state index contributed by atoms with van der Waals surface area (Å²) in [5.74, 6) is -0.497. The van der Waals surface area contributed by atoms with Crippen molar-refractivity contribution in [2.75, 3.05) is 16.2 Å². The summed E-state index contributed by atoms with van der Waals surface area (Å²) in [6.07, 6.45) is 0. The number of aryl methyl sites for hydroxylation is 1. The molecule has 0 spiro atoms. The molecule has 0 aromatic heterocycles. The molecule has 0 heterocycles.